The number of rotatable bonds is 5. The molecule has 4 rings (SSSR count). The second-order valence-corrected chi connectivity index (χ2v) is 6.92. The maximum Gasteiger partial charge on any atom is 0.278 e. The van der Waals surface area contributed by atoms with Crippen LogP contribution in [0.15, 0.2) is 72.7 Å². The number of aromatic nitrogens is 1. The zero-order chi connectivity index (χ0) is 21.3. The van der Waals surface area contributed by atoms with Crippen LogP contribution in [-0.2, 0) is 16.1 Å². The number of imide groups is 1. The van der Waals surface area contributed by atoms with Gasteiger partial charge in [-0.15, -0.1) is 0 Å². The van der Waals surface area contributed by atoms with Crippen molar-refractivity contribution in [1.82, 2.24) is 9.88 Å². The van der Waals surface area contributed by atoms with E-state index in [0.717, 1.165) is 28.2 Å². The average molecular weight is 405 g/mol. The van der Waals surface area contributed by atoms with Crippen molar-refractivity contribution in [3.8, 4) is 0 Å². The molecule has 1 aliphatic heterocycles. The first-order valence-electron chi connectivity index (χ1n) is 9.22. The number of carbonyl (C=O) groups is 2. The van der Waals surface area contributed by atoms with E-state index in [4.69, 9.17) is 0 Å². The normalized spacial score (nSPS) is 13.9. The second-order valence-electron chi connectivity index (χ2n) is 6.92. The smallest absolute Gasteiger partial charge is 0.278 e. The van der Waals surface area contributed by atoms with Gasteiger partial charge in [0.15, 0.2) is 11.6 Å². The highest BCUT2D eigenvalue weighted by Crippen LogP contribution is 2.32. The van der Waals surface area contributed by atoms with E-state index in [-0.39, 0.29) is 23.5 Å². The predicted molar refractivity (Wildman–Crippen MR) is 108 cm³/mol. The summed E-state index contributed by atoms with van der Waals surface area (Å²) in [5.74, 6) is -3.06. The second kappa shape index (κ2) is 7.87. The Morgan fingerprint density at radius 2 is 1.60 bits per heavy atom. The Bertz CT molecular complexity index is 1160. The molecule has 3 aromatic rings. The number of hydrogen-bond acceptors (Lipinski definition) is 4. The first kappa shape index (κ1) is 19.4. The third kappa shape index (κ3) is 3.69. The number of halogens is 2. The van der Waals surface area contributed by atoms with Crippen LogP contribution in [0.3, 0.4) is 0 Å². The third-order valence-corrected chi connectivity index (χ3v) is 4.79. The molecule has 0 saturated carbocycles. The Labute approximate surface area is 171 Å². The molecular weight excluding hydrogens is 388 g/mol. The van der Waals surface area contributed by atoms with Crippen LogP contribution in [0.1, 0.15) is 16.7 Å². The monoisotopic (exact) mass is 405 g/mol. The van der Waals surface area contributed by atoms with Gasteiger partial charge >= 0.3 is 0 Å². The number of nitrogens with one attached hydrogen (secondary N) is 1. The molecule has 5 nitrogen and oxygen atoms in total. The summed E-state index contributed by atoms with van der Waals surface area (Å²) in [5, 5.41) is 2.82. The maximum absolute atomic E-state index is 13.7. The summed E-state index contributed by atoms with van der Waals surface area (Å²) < 4.78 is 26.9. The Balaban J connectivity index is 1.75. The first-order valence-corrected chi connectivity index (χ1v) is 9.22. The van der Waals surface area contributed by atoms with Crippen molar-refractivity contribution in [3.05, 3.63) is 101 Å². The SMILES string of the molecule is Cc1ccc(C2=C(Nc3ccc(F)c(F)c3)C(=O)N(Cc3ccncc3)C2=O)cc1. The quantitative estimate of drug-likeness (QED) is 0.651. The van der Waals surface area contributed by atoms with Crippen LogP contribution in [0.4, 0.5) is 14.5 Å². The van der Waals surface area contributed by atoms with E-state index in [9.17, 15) is 18.4 Å². The lowest BCUT2D eigenvalue weighted by atomic mass is 10.0. The van der Waals surface area contributed by atoms with Gasteiger partial charge in [-0.3, -0.25) is 19.5 Å². The van der Waals surface area contributed by atoms with Crippen molar-refractivity contribution in [2.24, 2.45) is 0 Å². The van der Waals surface area contributed by atoms with Crippen molar-refractivity contribution in [1.29, 1.82) is 0 Å². The summed E-state index contributed by atoms with van der Waals surface area (Å²) in [4.78, 5) is 31.4. The lowest BCUT2D eigenvalue weighted by Crippen LogP contribution is -2.32. The van der Waals surface area contributed by atoms with Gasteiger partial charge in [-0.1, -0.05) is 29.8 Å². The first-order chi connectivity index (χ1) is 14.4. The highest BCUT2D eigenvalue weighted by Gasteiger charge is 2.39. The van der Waals surface area contributed by atoms with Crippen LogP contribution in [0, 0.1) is 18.6 Å². The largest absolute Gasteiger partial charge is 0.350 e. The molecule has 1 aromatic heterocycles. The predicted octanol–water partition coefficient (Wildman–Crippen LogP) is 4.06. The summed E-state index contributed by atoms with van der Waals surface area (Å²) in [6.45, 7) is 1.98. The molecule has 0 unspecified atom stereocenters. The van der Waals surface area contributed by atoms with Gasteiger partial charge in [-0.2, -0.15) is 0 Å². The molecule has 0 saturated heterocycles. The van der Waals surface area contributed by atoms with Crippen molar-refractivity contribution in [2.45, 2.75) is 13.5 Å². The standard InChI is InChI=1S/C23H17F2N3O2/c1-14-2-4-16(5-3-14)20-21(27-17-6-7-18(24)19(25)12-17)23(30)28(22(20)29)13-15-8-10-26-11-9-15/h2-12,27H,13H2,1H3. The van der Waals surface area contributed by atoms with Gasteiger partial charge in [0, 0.05) is 24.1 Å². The zero-order valence-corrected chi connectivity index (χ0v) is 16.0. The van der Waals surface area contributed by atoms with Gasteiger partial charge in [0.05, 0.1) is 12.1 Å². The number of nitrogens with zero attached hydrogens (tertiary/aromatic N) is 2. The number of amides is 2. The Morgan fingerprint density at radius 1 is 0.900 bits per heavy atom. The molecular formula is C23H17F2N3O2. The van der Waals surface area contributed by atoms with E-state index in [1.807, 2.05) is 19.1 Å². The molecule has 150 valence electrons. The van der Waals surface area contributed by atoms with Crippen molar-refractivity contribution < 1.29 is 18.4 Å². The Hall–Kier alpha value is -3.87. The van der Waals surface area contributed by atoms with E-state index in [1.165, 1.54) is 6.07 Å². The van der Waals surface area contributed by atoms with Crippen molar-refractivity contribution >= 4 is 23.1 Å². The lowest BCUT2D eigenvalue weighted by Gasteiger charge is -2.15. The molecule has 0 fully saturated rings. The van der Waals surface area contributed by atoms with Crippen LogP contribution in [-0.4, -0.2) is 21.7 Å². The molecule has 2 aromatic carbocycles. The molecule has 0 spiro atoms. The minimum Gasteiger partial charge on any atom is -0.350 e. The molecule has 2 heterocycles. The molecule has 7 heteroatoms. The molecule has 1 N–H and O–H groups in total. The number of benzene rings is 2. The van der Waals surface area contributed by atoms with Crippen LogP contribution in [0.25, 0.3) is 5.57 Å². The fourth-order valence-electron chi connectivity index (χ4n) is 3.21. The molecule has 0 atom stereocenters. The number of pyridine rings is 1. The Kier molecular flexibility index (Phi) is 5.10. The highest BCUT2D eigenvalue weighted by molar-refractivity contribution is 6.36. The summed E-state index contributed by atoms with van der Waals surface area (Å²) in [5.41, 5.74) is 2.66. The number of carbonyl (C=O) groups excluding carboxylic acids is 2. The van der Waals surface area contributed by atoms with E-state index in [0.29, 0.717) is 5.56 Å². The van der Waals surface area contributed by atoms with E-state index in [2.05, 4.69) is 10.3 Å². The van der Waals surface area contributed by atoms with Crippen LogP contribution in [0.2, 0.25) is 0 Å². The molecule has 30 heavy (non-hydrogen) atoms. The summed E-state index contributed by atoms with van der Waals surface area (Å²) in [6, 6.07) is 13.8. The minimum absolute atomic E-state index is 0.0175. The van der Waals surface area contributed by atoms with Gasteiger partial charge in [0.25, 0.3) is 11.8 Å². The molecule has 2 amide bonds. The molecule has 0 radical (unpaired) electrons. The average Bonchev–Trinajstić information content (AvgIpc) is 2.96. The van der Waals surface area contributed by atoms with Crippen molar-refractivity contribution in [3.63, 3.8) is 0 Å². The zero-order valence-electron chi connectivity index (χ0n) is 16.0. The summed E-state index contributed by atoms with van der Waals surface area (Å²) in [7, 11) is 0. The van der Waals surface area contributed by atoms with E-state index < -0.39 is 23.4 Å². The molecule has 0 aliphatic carbocycles. The van der Waals surface area contributed by atoms with Gasteiger partial charge in [0.2, 0.25) is 0 Å². The molecule has 0 bridgehead atoms. The van der Waals surface area contributed by atoms with Crippen molar-refractivity contribution in [2.75, 3.05) is 5.32 Å². The number of hydrogen-bond donors (Lipinski definition) is 1. The van der Waals surface area contributed by atoms with Gasteiger partial charge in [0.1, 0.15) is 5.70 Å². The minimum atomic E-state index is -1.05. The third-order valence-electron chi connectivity index (χ3n) is 4.79. The van der Waals surface area contributed by atoms with Crippen LogP contribution in [0.5, 0.6) is 0 Å². The number of anilines is 1. The topological polar surface area (TPSA) is 62.3 Å². The van der Waals surface area contributed by atoms with Gasteiger partial charge in [-0.05, 0) is 42.3 Å². The maximum atomic E-state index is 13.7. The van der Waals surface area contributed by atoms with E-state index >= 15 is 0 Å². The van der Waals surface area contributed by atoms with E-state index in [1.54, 1.807) is 36.7 Å². The fraction of sp³-hybridized carbons (Fsp3) is 0.0870. The van der Waals surface area contributed by atoms with Gasteiger partial charge < -0.3 is 5.32 Å². The van der Waals surface area contributed by atoms with Crippen LogP contribution >= 0.6 is 0 Å². The number of aryl methyl sites for hydroxylation is 1. The highest BCUT2D eigenvalue weighted by atomic mass is 19.2. The lowest BCUT2D eigenvalue weighted by molar-refractivity contribution is -0.137. The van der Waals surface area contributed by atoms with Crippen LogP contribution < -0.4 is 5.32 Å². The summed E-state index contributed by atoms with van der Waals surface area (Å²) in [6.07, 6.45) is 3.16. The fourth-order valence-corrected chi connectivity index (χ4v) is 3.21. The summed E-state index contributed by atoms with van der Waals surface area (Å²) >= 11 is 0. The molecule has 1 aliphatic rings. The van der Waals surface area contributed by atoms with Gasteiger partial charge in [-0.25, -0.2) is 8.78 Å². The Morgan fingerprint density at radius 3 is 2.27 bits per heavy atom.